The summed E-state index contributed by atoms with van der Waals surface area (Å²) in [6, 6.07) is 3.00. The molecule has 1 amide bonds. The van der Waals surface area contributed by atoms with Crippen molar-refractivity contribution in [2.24, 2.45) is 0 Å². The topological polar surface area (TPSA) is 75.7 Å². The number of rotatable bonds is 5. The molecule has 0 heterocycles. The highest BCUT2D eigenvalue weighted by Crippen LogP contribution is 2.23. The number of benzene rings is 1. The fraction of sp³-hybridized carbons (Fsp3) is 0.462. The average molecular weight is 300 g/mol. The van der Waals surface area contributed by atoms with Crippen LogP contribution in [0.3, 0.4) is 0 Å². The summed E-state index contributed by atoms with van der Waals surface area (Å²) in [5, 5.41) is 0. The second kappa shape index (κ2) is 6.34. The molecule has 0 aromatic heterocycles. The summed E-state index contributed by atoms with van der Waals surface area (Å²) in [4.78, 5) is 16.8. The number of carbonyl (C=O) groups excluding carboxylic acids is 1. The summed E-state index contributed by atoms with van der Waals surface area (Å²) < 4.78 is 25.6. The molecule has 0 bridgehead atoms. The lowest BCUT2D eigenvalue weighted by molar-refractivity contribution is 0.0364. The Labute approximate surface area is 119 Å². The lowest BCUT2D eigenvalue weighted by Crippen LogP contribution is -2.26. The quantitative estimate of drug-likeness (QED) is 0.830. The number of nitrogens with one attached hydrogen (secondary N) is 1. The van der Waals surface area contributed by atoms with Gasteiger partial charge in [-0.15, -0.1) is 0 Å². The smallest absolute Gasteiger partial charge is 0.274 e. The molecule has 1 rings (SSSR count). The number of sulfonamides is 1. The molecule has 0 aliphatic heterocycles. The van der Waals surface area contributed by atoms with E-state index >= 15 is 0 Å². The SMILES string of the molecule is CCONC(=O)c1cc(C)c(C)c(S(=O)(=O)N(C)C)c1. The zero-order valence-electron chi connectivity index (χ0n) is 12.4. The van der Waals surface area contributed by atoms with Crippen LogP contribution in [0, 0.1) is 13.8 Å². The lowest BCUT2D eigenvalue weighted by Gasteiger charge is -2.16. The molecule has 0 fully saturated rings. The van der Waals surface area contributed by atoms with Gasteiger partial charge in [0.15, 0.2) is 0 Å². The number of amides is 1. The molecule has 6 nitrogen and oxygen atoms in total. The molecule has 1 N–H and O–H groups in total. The summed E-state index contributed by atoms with van der Waals surface area (Å²) in [6.07, 6.45) is 0. The van der Waals surface area contributed by atoms with Crippen LogP contribution in [0.1, 0.15) is 28.4 Å². The van der Waals surface area contributed by atoms with Gasteiger partial charge in [0.05, 0.1) is 11.5 Å². The Kier molecular flexibility index (Phi) is 5.27. The Morgan fingerprint density at radius 1 is 1.30 bits per heavy atom. The Morgan fingerprint density at radius 2 is 1.90 bits per heavy atom. The van der Waals surface area contributed by atoms with Crippen LogP contribution in [0.4, 0.5) is 0 Å². The summed E-state index contributed by atoms with van der Waals surface area (Å²) >= 11 is 0. The number of hydroxylamine groups is 1. The molecule has 1 aromatic rings. The van der Waals surface area contributed by atoms with Crippen LogP contribution < -0.4 is 5.48 Å². The van der Waals surface area contributed by atoms with Gasteiger partial charge in [-0.1, -0.05) is 0 Å². The van der Waals surface area contributed by atoms with Crippen molar-refractivity contribution in [3.63, 3.8) is 0 Å². The Balaban J connectivity index is 3.34. The summed E-state index contributed by atoms with van der Waals surface area (Å²) in [6.45, 7) is 5.56. The van der Waals surface area contributed by atoms with Crippen LogP contribution in [0.2, 0.25) is 0 Å². The second-order valence-electron chi connectivity index (χ2n) is 4.57. The van der Waals surface area contributed by atoms with Gasteiger partial charge < -0.3 is 0 Å². The molecule has 0 aliphatic carbocycles. The maximum absolute atomic E-state index is 12.3. The third-order valence-corrected chi connectivity index (χ3v) is 4.89. The summed E-state index contributed by atoms with van der Waals surface area (Å²) in [5.74, 6) is -0.467. The zero-order chi connectivity index (χ0) is 15.5. The van der Waals surface area contributed by atoms with Gasteiger partial charge in [0.2, 0.25) is 10.0 Å². The number of hydrogen-bond acceptors (Lipinski definition) is 4. The van der Waals surface area contributed by atoms with Gasteiger partial charge in [-0.3, -0.25) is 9.63 Å². The lowest BCUT2D eigenvalue weighted by atomic mass is 10.1. The number of aryl methyl sites for hydroxylation is 1. The van der Waals surface area contributed by atoms with Gasteiger partial charge >= 0.3 is 0 Å². The normalized spacial score (nSPS) is 11.7. The van der Waals surface area contributed by atoms with E-state index in [0.717, 1.165) is 9.87 Å². The maximum Gasteiger partial charge on any atom is 0.274 e. The Hall–Kier alpha value is -1.44. The molecule has 0 atom stereocenters. The van der Waals surface area contributed by atoms with Gasteiger partial charge in [0.1, 0.15) is 0 Å². The minimum Gasteiger partial charge on any atom is -0.274 e. The standard InChI is InChI=1S/C13H20N2O4S/c1-6-19-14-13(16)11-7-9(2)10(3)12(8-11)20(17,18)15(4)5/h7-8H,6H2,1-5H3,(H,14,16). The van der Waals surface area contributed by atoms with E-state index in [9.17, 15) is 13.2 Å². The molecule has 0 radical (unpaired) electrons. The second-order valence-corrected chi connectivity index (χ2v) is 6.69. The van der Waals surface area contributed by atoms with Crippen molar-refractivity contribution in [2.45, 2.75) is 25.7 Å². The maximum atomic E-state index is 12.3. The van der Waals surface area contributed by atoms with Gasteiger partial charge in [0, 0.05) is 19.7 Å². The van der Waals surface area contributed by atoms with Crippen molar-refractivity contribution < 1.29 is 18.0 Å². The van der Waals surface area contributed by atoms with Crippen molar-refractivity contribution in [2.75, 3.05) is 20.7 Å². The first-order valence-corrected chi connectivity index (χ1v) is 7.61. The van der Waals surface area contributed by atoms with Crippen molar-refractivity contribution in [1.29, 1.82) is 0 Å². The van der Waals surface area contributed by atoms with E-state index in [1.54, 1.807) is 26.8 Å². The fourth-order valence-corrected chi connectivity index (χ4v) is 2.84. The Bertz CT molecular complexity index is 609. The van der Waals surface area contributed by atoms with Crippen molar-refractivity contribution >= 4 is 15.9 Å². The first-order valence-electron chi connectivity index (χ1n) is 6.17. The van der Waals surface area contributed by atoms with Crippen LogP contribution in [0.5, 0.6) is 0 Å². The van der Waals surface area contributed by atoms with Gasteiger partial charge in [0.25, 0.3) is 5.91 Å². The molecule has 0 saturated heterocycles. The van der Waals surface area contributed by atoms with Crippen molar-refractivity contribution in [1.82, 2.24) is 9.79 Å². The van der Waals surface area contributed by atoms with E-state index in [1.165, 1.54) is 20.2 Å². The molecule has 0 aliphatic rings. The third kappa shape index (κ3) is 3.36. The van der Waals surface area contributed by atoms with Crippen LogP contribution in [-0.2, 0) is 14.9 Å². The average Bonchev–Trinajstić information content (AvgIpc) is 2.38. The molecule has 112 valence electrons. The predicted octanol–water partition coefficient (Wildman–Crippen LogP) is 1.24. The number of hydrogen-bond donors (Lipinski definition) is 1. The third-order valence-electron chi connectivity index (χ3n) is 2.95. The largest absolute Gasteiger partial charge is 0.274 e. The summed E-state index contributed by atoms with van der Waals surface area (Å²) in [5.41, 5.74) is 3.87. The Morgan fingerprint density at radius 3 is 2.40 bits per heavy atom. The highest BCUT2D eigenvalue weighted by molar-refractivity contribution is 7.89. The highest BCUT2D eigenvalue weighted by Gasteiger charge is 2.22. The monoisotopic (exact) mass is 300 g/mol. The van der Waals surface area contributed by atoms with Crippen LogP contribution in [0.25, 0.3) is 0 Å². The fourth-order valence-electron chi connectivity index (χ4n) is 1.62. The zero-order valence-corrected chi connectivity index (χ0v) is 13.2. The van der Waals surface area contributed by atoms with Crippen LogP contribution in [-0.4, -0.2) is 39.3 Å². The summed E-state index contributed by atoms with van der Waals surface area (Å²) in [7, 11) is -0.683. The molecule has 20 heavy (non-hydrogen) atoms. The molecule has 0 saturated carbocycles. The molecule has 1 aromatic carbocycles. The van der Waals surface area contributed by atoms with E-state index < -0.39 is 15.9 Å². The highest BCUT2D eigenvalue weighted by atomic mass is 32.2. The van der Waals surface area contributed by atoms with E-state index in [4.69, 9.17) is 4.84 Å². The van der Waals surface area contributed by atoms with Crippen LogP contribution in [0.15, 0.2) is 17.0 Å². The number of nitrogens with zero attached hydrogens (tertiary/aromatic N) is 1. The van der Waals surface area contributed by atoms with E-state index in [-0.39, 0.29) is 10.5 Å². The van der Waals surface area contributed by atoms with E-state index in [0.29, 0.717) is 12.2 Å². The first-order chi connectivity index (χ1) is 9.21. The molecular formula is C13H20N2O4S. The van der Waals surface area contributed by atoms with Gasteiger partial charge in [-0.05, 0) is 44.0 Å². The number of carbonyl (C=O) groups is 1. The first kappa shape index (κ1) is 16.6. The van der Waals surface area contributed by atoms with E-state index in [1.807, 2.05) is 0 Å². The molecular weight excluding hydrogens is 280 g/mol. The van der Waals surface area contributed by atoms with Crippen LogP contribution >= 0.6 is 0 Å². The van der Waals surface area contributed by atoms with Gasteiger partial charge in [-0.2, -0.15) is 0 Å². The van der Waals surface area contributed by atoms with Crippen molar-refractivity contribution in [3.05, 3.63) is 28.8 Å². The van der Waals surface area contributed by atoms with Crippen molar-refractivity contribution in [3.8, 4) is 0 Å². The minimum absolute atomic E-state index is 0.129. The van der Waals surface area contributed by atoms with Gasteiger partial charge in [-0.25, -0.2) is 18.2 Å². The minimum atomic E-state index is -3.59. The van der Waals surface area contributed by atoms with E-state index in [2.05, 4.69) is 5.48 Å². The molecule has 0 unspecified atom stereocenters. The predicted molar refractivity (Wildman–Crippen MR) is 75.9 cm³/mol. The molecule has 7 heteroatoms. The molecule has 0 spiro atoms.